The van der Waals surface area contributed by atoms with E-state index in [4.69, 9.17) is 0 Å². The van der Waals surface area contributed by atoms with Crippen LogP contribution in [0.2, 0.25) is 0 Å². The van der Waals surface area contributed by atoms with Crippen molar-refractivity contribution in [3.05, 3.63) is 0 Å². The van der Waals surface area contributed by atoms with E-state index in [2.05, 4.69) is 48.6 Å². The lowest BCUT2D eigenvalue weighted by Gasteiger charge is -2.30. The smallest absolute Gasteiger partial charge is 0.236 e. The van der Waals surface area contributed by atoms with Gasteiger partial charge in [-0.1, -0.05) is 29.8 Å². The molecule has 1 saturated heterocycles. The van der Waals surface area contributed by atoms with Crippen molar-refractivity contribution >= 4 is 21.8 Å². The zero-order valence-electron chi connectivity index (χ0n) is 10.7. The lowest BCUT2D eigenvalue weighted by molar-refractivity contribution is -0.133. The predicted octanol–water partition coefficient (Wildman–Crippen LogP) is 1.96. The minimum Gasteiger partial charge on any atom is -0.338 e. The largest absolute Gasteiger partial charge is 0.338 e. The Hall–Kier alpha value is -0.0900. The molecule has 0 aromatic heterocycles. The van der Waals surface area contributed by atoms with Crippen LogP contribution in [-0.4, -0.2) is 53.3 Å². The summed E-state index contributed by atoms with van der Waals surface area (Å²) < 4.78 is 0. The maximum atomic E-state index is 12.3. The van der Waals surface area contributed by atoms with Crippen molar-refractivity contribution in [2.24, 2.45) is 5.92 Å². The molecule has 0 radical (unpaired) electrons. The lowest BCUT2D eigenvalue weighted by atomic mass is 10.1. The second-order valence-electron chi connectivity index (χ2n) is 5.14. The molecule has 0 saturated carbocycles. The Balaban J connectivity index is 2.67. The third kappa shape index (κ3) is 3.45. The Bertz CT molecular complexity index is 245. The van der Waals surface area contributed by atoms with Gasteiger partial charge in [0, 0.05) is 19.1 Å². The normalized spacial score (nSPS) is 25.6. The molecule has 0 aliphatic carbocycles. The Morgan fingerprint density at radius 1 is 1.38 bits per heavy atom. The monoisotopic (exact) mass is 290 g/mol. The molecular formula is C12H23BrN2O. The van der Waals surface area contributed by atoms with Crippen LogP contribution in [0.15, 0.2) is 0 Å². The van der Waals surface area contributed by atoms with Gasteiger partial charge in [0.15, 0.2) is 0 Å². The SMILES string of the molecule is CC(C)C(Br)C(=O)N1CCCN(C)CC1C. The molecule has 0 aromatic rings. The molecule has 3 nitrogen and oxygen atoms in total. The second-order valence-corrected chi connectivity index (χ2v) is 6.13. The van der Waals surface area contributed by atoms with Crippen LogP contribution in [-0.2, 0) is 4.79 Å². The second kappa shape index (κ2) is 6.01. The van der Waals surface area contributed by atoms with E-state index in [1.165, 1.54) is 0 Å². The summed E-state index contributed by atoms with van der Waals surface area (Å²) in [7, 11) is 2.12. The average molecular weight is 291 g/mol. The van der Waals surface area contributed by atoms with Crippen molar-refractivity contribution < 1.29 is 4.79 Å². The van der Waals surface area contributed by atoms with Gasteiger partial charge in [0.1, 0.15) is 0 Å². The standard InChI is InChI=1S/C12H23BrN2O/c1-9(2)11(13)12(16)15-7-5-6-14(4)8-10(15)3/h9-11H,5-8H2,1-4H3. The number of halogens is 1. The van der Waals surface area contributed by atoms with Gasteiger partial charge in [0.2, 0.25) is 5.91 Å². The Morgan fingerprint density at radius 2 is 2.00 bits per heavy atom. The van der Waals surface area contributed by atoms with Gasteiger partial charge in [0.05, 0.1) is 4.83 Å². The highest BCUT2D eigenvalue weighted by Gasteiger charge is 2.29. The van der Waals surface area contributed by atoms with E-state index in [-0.39, 0.29) is 10.7 Å². The van der Waals surface area contributed by atoms with Gasteiger partial charge in [-0.25, -0.2) is 0 Å². The topological polar surface area (TPSA) is 23.6 Å². The fourth-order valence-electron chi connectivity index (χ4n) is 2.14. The molecule has 1 aliphatic rings. The highest BCUT2D eigenvalue weighted by atomic mass is 79.9. The molecule has 94 valence electrons. The van der Waals surface area contributed by atoms with Gasteiger partial charge in [0.25, 0.3) is 0 Å². The number of rotatable bonds is 2. The number of carbonyl (C=O) groups excluding carboxylic acids is 1. The first-order chi connectivity index (χ1) is 7.43. The summed E-state index contributed by atoms with van der Waals surface area (Å²) in [6, 6.07) is 0.318. The molecule has 16 heavy (non-hydrogen) atoms. The lowest BCUT2D eigenvalue weighted by Crippen LogP contribution is -2.46. The molecule has 0 aromatic carbocycles. The summed E-state index contributed by atoms with van der Waals surface area (Å²) >= 11 is 3.51. The summed E-state index contributed by atoms with van der Waals surface area (Å²) in [4.78, 5) is 16.6. The van der Waals surface area contributed by atoms with Crippen LogP contribution in [0.25, 0.3) is 0 Å². The minimum atomic E-state index is -0.0432. The first-order valence-electron chi connectivity index (χ1n) is 6.06. The summed E-state index contributed by atoms with van der Waals surface area (Å²) in [6.07, 6.45) is 1.07. The van der Waals surface area contributed by atoms with E-state index >= 15 is 0 Å². The summed E-state index contributed by atoms with van der Waals surface area (Å²) in [6.45, 7) is 9.24. The van der Waals surface area contributed by atoms with Crippen LogP contribution in [0.1, 0.15) is 27.2 Å². The molecule has 1 aliphatic heterocycles. The summed E-state index contributed by atoms with van der Waals surface area (Å²) in [5, 5.41) is 0. The fraction of sp³-hybridized carbons (Fsp3) is 0.917. The van der Waals surface area contributed by atoms with E-state index < -0.39 is 0 Å². The van der Waals surface area contributed by atoms with Gasteiger partial charge in [-0.05, 0) is 32.9 Å². The molecule has 0 N–H and O–H groups in total. The van der Waals surface area contributed by atoms with Gasteiger partial charge < -0.3 is 9.80 Å². The van der Waals surface area contributed by atoms with Crippen LogP contribution >= 0.6 is 15.9 Å². The van der Waals surface area contributed by atoms with Crippen molar-refractivity contribution in [1.29, 1.82) is 0 Å². The van der Waals surface area contributed by atoms with Crippen LogP contribution < -0.4 is 0 Å². The number of carbonyl (C=O) groups is 1. The average Bonchev–Trinajstić information content (AvgIpc) is 2.37. The first-order valence-corrected chi connectivity index (χ1v) is 6.98. The van der Waals surface area contributed by atoms with Crippen LogP contribution in [0.3, 0.4) is 0 Å². The van der Waals surface area contributed by atoms with E-state index in [1.807, 2.05) is 4.90 Å². The van der Waals surface area contributed by atoms with Crippen LogP contribution in [0, 0.1) is 5.92 Å². The van der Waals surface area contributed by atoms with E-state index in [0.717, 1.165) is 26.1 Å². The van der Waals surface area contributed by atoms with Crippen LogP contribution in [0.5, 0.6) is 0 Å². The van der Waals surface area contributed by atoms with Gasteiger partial charge in [-0.2, -0.15) is 0 Å². The maximum Gasteiger partial charge on any atom is 0.236 e. The number of amides is 1. The molecule has 1 rings (SSSR count). The molecule has 1 fully saturated rings. The summed E-state index contributed by atoms with van der Waals surface area (Å²) in [5.74, 6) is 0.596. The van der Waals surface area contributed by atoms with Crippen LogP contribution in [0.4, 0.5) is 0 Å². The first kappa shape index (κ1) is 14.0. The molecule has 4 heteroatoms. The van der Waals surface area contributed by atoms with E-state index in [9.17, 15) is 4.79 Å². The Labute approximate surface area is 107 Å². The van der Waals surface area contributed by atoms with E-state index in [1.54, 1.807) is 0 Å². The highest BCUT2D eigenvalue weighted by molar-refractivity contribution is 9.10. The molecule has 0 bridgehead atoms. The molecule has 1 heterocycles. The highest BCUT2D eigenvalue weighted by Crippen LogP contribution is 2.18. The van der Waals surface area contributed by atoms with E-state index in [0.29, 0.717) is 12.0 Å². The third-order valence-electron chi connectivity index (χ3n) is 3.15. The van der Waals surface area contributed by atoms with Crippen molar-refractivity contribution in [2.75, 3.05) is 26.7 Å². The number of alkyl halides is 1. The van der Waals surface area contributed by atoms with Crippen molar-refractivity contribution in [3.8, 4) is 0 Å². The quantitative estimate of drug-likeness (QED) is 0.726. The maximum absolute atomic E-state index is 12.3. The Morgan fingerprint density at radius 3 is 2.56 bits per heavy atom. The van der Waals surface area contributed by atoms with Crippen molar-refractivity contribution in [1.82, 2.24) is 9.80 Å². The number of hydrogen-bond donors (Lipinski definition) is 0. The predicted molar refractivity (Wildman–Crippen MR) is 70.8 cm³/mol. The number of nitrogens with zero attached hydrogens (tertiary/aromatic N) is 2. The minimum absolute atomic E-state index is 0.0432. The molecule has 0 spiro atoms. The van der Waals surface area contributed by atoms with Gasteiger partial charge in [-0.15, -0.1) is 0 Å². The van der Waals surface area contributed by atoms with Crippen molar-refractivity contribution in [3.63, 3.8) is 0 Å². The van der Waals surface area contributed by atoms with Gasteiger partial charge in [-0.3, -0.25) is 4.79 Å². The zero-order chi connectivity index (χ0) is 12.3. The zero-order valence-corrected chi connectivity index (χ0v) is 12.3. The number of hydrogen-bond acceptors (Lipinski definition) is 2. The fourth-order valence-corrected chi connectivity index (χ4v) is 2.41. The third-order valence-corrected chi connectivity index (χ3v) is 4.60. The molecule has 2 unspecified atom stereocenters. The number of likely N-dealkylation sites (N-methyl/N-ethyl adjacent to an activating group) is 1. The summed E-state index contributed by atoms with van der Waals surface area (Å²) in [5.41, 5.74) is 0. The van der Waals surface area contributed by atoms with Crippen molar-refractivity contribution in [2.45, 2.75) is 38.1 Å². The van der Waals surface area contributed by atoms with Gasteiger partial charge >= 0.3 is 0 Å². The Kier molecular flexibility index (Phi) is 5.25. The molecule has 2 atom stereocenters. The molecule has 1 amide bonds. The molecular weight excluding hydrogens is 268 g/mol.